The summed E-state index contributed by atoms with van der Waals surface area (Å²) in [5.74, 6) is 5.19. The first-order chi connectivity index (χ1) is 13.5. The molecular weight excluding hydrogens is 383 g/mol. The molecule has 8 nitrogen and oxygen atoms in total. The summed E-state index contributed by atoms with van der Waals surface area (Å²) < 4.78 is 15.1. The predicted molar refractivity (Wildman–Crippen MR) is 104 cm³/mol. The van der Waals surface area contributed by atoms with Crippen molar-refractivity contribution >= 4 is 23.7 Å². The van der Waals surface area contributed by atoms with Gasteiger partial charge < -0.3 is 11.2 Å². The van der Waals surface area contributed by atoms with Crippen LogP contribution in [0.1, 0.15) is 39.0 Å². The Morgan fingerprint density at radius 1 is 1.25 bits per heavy atom. The number of urea groups is 1. The number of rotatable bonds is 5. The number of carbonyl (C=O) groups excluding carboxylic acids is 2. The molecule has 0 aliphatic heterocycles. The van der Waals surface area contributed by atoms with Crippen LogP contribution in [0.15, 0.2) is 29.4 Å². The van der Waals surface area contributed by atoms with Crippen molar-refractivity contribution in [1.29, 1.82) is 0 Å². The Morgan fingerprint density at radius 3 is 2.68 bits per heavy atom. The van der Waals surface area contributed by atoms with Crippen LogP contribution in [-0.2, 0) is 4.79 Å². The molecule has 0 spiro atoms. The van der Waals surface area contributed by atoms with E-state index in [0.717, 1.165) is 42.1 Å². The van der Waals surface area contributed by atoms with Crippen molar-refractivity contribution < 1.29 is 14.0 Å². The molecule has 0 bridgehead atoms. The van der Waals surface area contributed by atoms with Gasteiger partial charge in [-0.3, -0.25) is 10.1 Å². The van der Waals surface area contributed by atoms with Gasteiger partial charge in [-0.1, -0.05) is 43.2 Å². The number of nitrogens with zero attached hydrogens (tertiary/aromatic N) is 3. The molecule has 3 amide bonds. The number of hydrogen-bond acceptors (Lipinski definition) is 6. The lowest BCUT2D eigenvalue weighted by Gasteiger charge is -2.22. The molecule has 4 N–H and O–H groups in total. The molecule has 28 heavy (non-hydrogen) atoms. The molecule has 1 aromatic carbocycles. The van der Waals surface area contributed by atoms with Crippen LogP contribution >= 0.6 is 11.8 Å². The van der Waals surface area contributed by atoms with Gasteiger partial charge in [0.05, 0.1) is 10.8 Å². The van der Waals surface area contributed by atoms with Crippen molar-refractivity contribution in [3.63, 3.8) is 0 Å². The van der Waals surface area contributed by atoms with Crippen molar-refractivity contribution in [1.82, 2.24) is 25.5 Å². The fraction of sp³-hybridized carbons (Fsp3) is 0.444. The van der Waals surface area contributed by atoms with E-state index in [9.17, 15) is 14.0 Å². The fourth-order valence-corrected chi connectivity index (χ4v) is 3.85. The molecule has 1 aliphatic rings. The third kappa shape index (κ3) is 4.80. The number of aromatic nitrogens is 3. The monoisotopic (exact) mass is 406 g/mol. The highest BCUT2D eigenvalue weighted by Crippen LogP contribution is 2.26. The van der Waals surface area contributed by atoms with Crippen molar-refractivity contribution in [3.8, 4) is 11.4 Å². The summed E-state index contributed by atoms with van der Waals surface area (Å²) in [5.41, 5.74) is 0.216. The van der Waals surface area contributed by atoms with E-state index in [1.165, 1.54) is 12.5 Å². The van der Waals surface area contributed by atoms with Crippen LogP contribution in [0.4, 0.5) is 9.18 Å². The van der Waals surface area contributed by atoms with Crippen LogP contribution in [0.5, 0.6) is 0 Å². The summed E-state index contributed by atoms with van der Waals surface area (Å²) in [4.78, 5) is 24.3. The van der Waals surface area contributed by atoms with Crippen LogP contribution < -0.4 is 16.5 Å². The standard InChI is InChI=1S/C18H23FN6O2S/c1-11(16(26)22-17(27)21-12-7-3-2-4-8-12)28-18-24-23-15(25(18)20)13-9-5-6-10-14(13)19/h5-6,9-12H,2-4,7-8,20H2,1H3,(H2,21,22,26,27)/t11-/m0/s1. The van der Waals surface area contributed by atoms with Crippen LogP contribution in [0.2, 0.25) is 0 Å². The van der Waals surface area contributed by atoms with Gasteiger partial charge in [-0.25, -0.2) is 13.9 Å². The summed E-state index contributed by atoms with van der Waals surface area (Å²) in [6.45, 7) is 1.63. The third-order valence-electron chi connectivity index (χ3n) is 4.61. The molecular formula is C18H23FN6O2S. The number of thioether (sulfide) groups is 1. The SMILES string of the molecule is C[C@H](Sc1nnc(-c2ccccc2F)n1N)C(=O)NC(=O)NC1CCCCC1. The van der Waals surface area contributed by atoms with E-state index in [2.05, 4.69) is 20.8 Å². The van der Waals surface area contributed by atoms with Crippen molar-refractivity contribution in [3.05, 3.63) is 30.1 Å². The Hall–Kier alpha value is -2.62. The lowest BCUT2D eigenvalue weighted by Crippen LogP contribution is -2.47. The molecule has 0 unspecified atom stereocenters. The van der Waals surface area contributed by atoms with Crippen LogP contribution in [0, 0.1) is 5.82 Å². The van der Waals surface area contributed by atoms with E-state index < -0.39 is 23.0 Å². The van der Waals surface area contributed by atoms with E-state index in [-0.39, 0.29) is 22.6 Å². The first kappa shape index (κ1) is 20.1. The average molecular weight is 406 g/mol. The van der Waals surface area contributed by atoms with Crippen molar-refractivity contribution in [2.75, 3.05) is 5.84 Å². The van der Waals surface area contributed by atoms with Gasteiger partial charge in [0.1, 0.15) is 5.82 Å². The van der Waals surface area contributed by atoms with Crippen LogP contribution in [0.3, 0.4) is 0 Å². The molecule has 2 aromatic rings. The molecule has 1 atom stereocenters. The zero-order chi connectivity index (χ0) is 20.1. The van der Waals surface area contributed by atoms with E-state index in [1.54, 1.807) is 25.1 Å². The topological polar surface area (TPSA) is 115 Å². The lowest BCUT2D eigenvalue weighted by atomic mass is 9.96. The minimum atomic E-state index is -0.642. The zero-order valence-electron chi connectivity index (χ0n) is 15.5. The first-order valence-corrected chi connectivity index (χ1v) is 10.1. The minimum Gasteiger partial charge on any atom is -0.335 e. The summed E-state index contributed by atoms with van der Waals surface area (Å²) >= 11 is 1.04. The fourth-order valence-electron chi connectivity index (χ4n) is 3.08. The first-order valence-electron chi connectivity index (χ1n) is 9.19. The molecule has 1 aliphatic carbocycles. The Bertz CT molecular complexity index is 852. The number of nitrogen functional groups attached to an aromatic ring is 1. The van der Waals surface area contributed by atoms with Gasteiger partial charge in [-0.2, -0.15) is 0 Å². The maximum Gasteiger partial charge on any atom is 0.321 e. The Morgan fingerprint density at radius 2 is 1.96 bits per heavy atom. The number of hydrogen-bond donors (Lipinski definition) is 3. The average Bonchev–Trinajstić information content (AvgIpc) is 3.03. The number of amides is 3. The number of halogens is 1. The molecule has 1 aromatic heterocycles. The van der Waals surface area contributed by atoms with Crippen LogP contribution in [0.25, 0.3) is 11.4 Å². The second-order valence-electron chi connectivity index (χ2n) is 6.71. The van der Waals surface area contributed by atoms with Gasteiger partial charge in [-0.05, 0) is 31.9 Å². The summed E-state index contributed by atoms with van der Waals surface area (Å²) in [5, 5.41) is 12.6. The second kappa shape index (κ2) is 9.05. The smallest absolute Gasteiger partial charge is 0.321 e. The maximum absolute atomic E-state index is 13.9. The highest BCUT2D eigenvalue weighted by Gasteiger charge is 2.23. The molecule has 0 saturated heterocycles. The van der Waals surface area contributed by atoms with E-state index in [4.69, 9.17) is 5.84 Å². The predicted octanol–water partition coefficient (Wildman–Crippen LogP) is 2.44. The molecule has 3 rings (SSSR count). The van der Waals surface area contributed by atoms with Gasteiger partial charge >= 0.3 is 6.03 Å². The molecule has 1 fully saturated rings. The van der Waals surface area contributed by atoms with Gasteiger partial charge in [0.25, 0.3) is 0 Å². The highest BCUT2D eigenvalue weighted by atomic mass is 32.2. The van der Waals surface area contributed by atoms with Crippen molar-refractivity contribution in [2.24, 2.45) is 0 Å². The molecule has 1 heterocycles. The van der Waals surface area contributed by atoms with E-state index >= 15 is 0 Å². The number of benzene rings is 1. The van der Waals surface area contributed by atoms with Crippen molar-refractivity contribution in [2.45, 2.75) is 55.5 Å². The zero-order valence-corrected chi connectivity index (χ0v) is 16.3. The quantitative estimate of drug-likeness (QED) is 0.519. The van der Waals surface area contributed by atoms with Gasteiger partial charge in [0.2, 0.25) is 11.1 Å². The lowest BCUT2D eigenvalue weighted by molar-refractivity contribution is -0.119. The third-order valence-corrected chi connectivity index (χ3v) is 5.66. The number of nitrogens with one attached hydrogen (secondary N) is 2. The number of imide groups is 1. The Labute approximate surface area is 166 Å². The normalized spacial score (nSPS) is 15.8. The van der Waals surface area contributed by atoms with Gasteiger partial charge in [0.15, 0.2) is 5.82 Å². The largest absolute Gasteiger partial charge is 0.335 e. The van der Waals surface area contributed by atoms with Gasteiger partial charge in [0, 0.05) is 6.04 Å². The van der Waals surface area contributed by atoms with E-state index in [0.29, 0.717) is 0 Å². The molecule has 1 saturated carbocycles. The van der Waals surface area contributed by atoms with Crippen LogP contribution in [-0.4, -0.2) is 38.1 Å². The summed E-state index contributed by atoms with van der Waals surface area (Å²) in [7, 11) is 0. The van der Waals surface area contributed by atoms with Gasteiger partial charge in [-0.15, -0.1) is 10.2 Å². The summed E-state index contributed by atoms with van der Waals surface area (Å²) in [6.07, 6.45) is 5.21. The second-order valence-corrected chi connectivity index (χ2v) is 8.02. The summed E-state index contributed by atoms with van der Waals surface area (Å²) in [6, 6.07) is 5.70. The number of nitrogens with two attached hydrogens (primary N) is 1. The molecule has 10 heteroatoms. The number of carbonyl (C=O) groups is 2. The highest BCUT2D eigenvalue weighted by molar-refractivity contribution is 8.00. The van der Waals surface area contributed by atoms with E-state index in [1.807, 2.05) is 0 Å². The Kier molecular flexibility index (Phi) is 6.50. The maximum atomic E-state index is 13.9. The molecule has 150 valence electrons. The Balaban J connectivity index is 1.58. The minimum absolute atomic E-state index is 0.111. The molecule has 0 radical (unpaired) electrons.